The summed E-state index contributed by atoms with van der Waals surface area (Å²) in [4.78, 5) is 120. The number of hydrogen-bond donors (Lipinski definition) is 13. The zero-order valence-corrected chi connectivity index (χ0v) is 24.7. The topological polar surface area (TPSA) is 438 Å². The van der Waals surface area contributed by atoms with E-state index in [4.69, 9.17) is 9.79 Å². The first kappa shape index (κ1) is 38.9. The third-order valence-electron chi connectivity index (χ3n) is 3.89. The second-order valence-corrected chi connectivity index (χ2v) is 17.2. The summed E-state index contributed by atoms with van der Waals surface area (Å²) in [5.74, 6) is -2.18. The monoisotopic (exact) mass is 738 g/mol. The number of hydrogen-bond acceptors (Lipinski definition) is 13. The van der Waals surface area contributed by atoms with Crippen molar-refractivity contribution >= 4 is 54.3 Å². The summed E-state index contributed by atoms with van der Waals surface area (Å²) < 4.78 is 107. The highest BCUT2D eigenvalue weighted by Gasteiger charge is 2.62. The van der Waals surface area contributed by atoms with Crippen molar-refractivity contribution in [3.63, 3.8) is 0 Å². The van der Waals surface area contributed by atoms with Gasteiger partial charge in [-0.2, -0.15) is 0 Å². The van der Waals surface area contributed by atoms with Gasteiger partial charge < -0.3 is 63.6 Å². The molecule has 0 saturated heterocycles. The highest BCUT2D eigenvalue weighted by atomic mass is 31.2. The zero-order chi connectivity index (χ0) is 31.9. The van der Waals surface area contributed by atoms with Gasteiger partial charge in [-0.15, -0.1) is 0 Å². The summed E-state index contributed by atoms with van der Waals surface area (Å²) in [6.45, 7) is 0. The molecule has 0 radical (unpaired) electrons. The Hall–Kier alpha value is 0.850. The molecule has 1 fully saturated rings. The van der Waals surface area contributed by atoms with Crippen molar-refractivity contribution in [3.8, 4) is 0 Å². The molecular formula is C7H21O26P7. The largest absolute Gasteiger partial charge is 0.470 e. The molecule has 0 aliphatic heterocycles. The van der Waals surface area contributed by atoms with Crippen molar-refractivity contribution in [2.75, 3.05) is 5.90 Å². The minimum atomic E-state index is -6.13. The molecule has 1 aliphatic rings. The normalized spacial score (nSPS) is 29.2. The van der Waals surface area contributed by atoms with Gasteiger partial charge in [-0.3, -0.25) is 36.3 Å². The Kier molecular flexibility index (Phi) is 12.7. The van der Waals surface area contributed by atoms with Crippen LogP contribution in [-0.4, -0.2) is 106 Å². The lowest BCUT2D eigenvalue weighted by Gasteiger charge is -2.48. The minimum Gasteiger partial charge on any atom is -0.324 e. The molecule has 13 N–H and O–H groups in total. The Labute approximate surface area is 220 Å². The molecule has 1 rings (SSSR count). The van der Waals surface area contributed by atoms with Gasteiger partial charge in [-0.05, 0) is 0 Å². The van der Waals surface area contributed by atoms with Gasteiger partial charge in [-0.1, -0.05) is 0 Å². The van der Waals surface area contributed by atoms with E-state index in [9.17, 15) is 85.8 Å². The number of phosphoric ester groups is 5. The fourth-order valence-corrected chi connectivity index (χ4v) is 8.63. The van der Waals surface area contributed by atoms with Crippen LogP contribution < -0.4 is 0 Å². The van der Waals surface area contributed by atoms with E-state index in [-0.39, 0.29) is 0 Å². The molecule has 3 unspecified atom stereocenters. The quantitative estimate of drug-likeness (QED) is 0.0794. The molecule has 0 aromatic carbocycles. The van der Waals surface area contributed by atoms with Crippen molar-refractivity contribution in [2.24, 2.45) is 0 Å². The third-order valence-corrected chi connectivity index (χ3v) is 9.95. The van der Waals surface area contributed by atoms with Crippen LogP contribution in [0.5, 0.6) is 0 Å². The molecule has 0 heterocycles. The lowest BCUT2D eigenvalue weighted by atomic mass is 9.85. The van der Waals surface area contributed by atoms with Crippen molar-refractivity contribution in [1.82, 2.24) is 0 Å². The maximum Gasteiger partial charge on any atom is 0.470 e. The SMILES string of the molecule is O=P(O)(O)CP(=O)(O)OC1[C@@H](OP(=O)(O)O)[C@H](OP(=O)(O)O)C(OP(=O)(O)O)[C@H](OP(=O)(O)O)[C@H]1OP(=O)(O)O. The van der Waals surface area contributed by atoms with Gasteiger partial charge in [0.25, 0.3) is 0 Å². The van der Waals surface area contributed by atoms with Crippen LogP contribution in [0.1, 0.15) is 0 Å². The summed E-state index contributed by atoms with van der Waals surface area (Å²) in [5.41, 5.74) is 0. The van der Waals surface area contributed by atoms with Gasteiger partial charge >= 0.3 is 54.3 Å². The highest BCUT2D eigenvalue weighted by molar-refractivity contribution is 7.70. The highest BCUT2D eigenvalue weighted by Crippen LogP contribution is 2.61. The molecule has 0 spiro atoms. The van der Waals surface area contributed by atoms with Crippen molar-refractivity contribution < 1.29 is 123 Å². The van der Waals surface area contributed by atoms with Gasteiger partial charge in [-0.25, -0.2) is 22.8 Å². The van der Waals surface area contributed by atoms with E-state index in [1.165, 1.54) is 0 Å². The smallest absolute Gasteiger partial charge is 0.324 e. The first-order valence-electron chi connectivity index (χ1n) is 9.02. The van der Waals surface area contributed by atoms with E-state index in [0.717, 1.165) is 0 Å². The molecule has 0 bridgehead atoms. The lowest BCUT2D eigenvalue weighted by molar-refractivity contribution is -0.200. The van der Waals surface area contributed by atoms with Gasteiger partial charge in [0.1, 0.15) is 36.6 Å². The molecule has 0 amide bonds. The molecule has 0 aromatic rings. The van der Waals surface area contributed by atoms with E-state index in [1.807, 2.05) is 0 Å². The summed E-state index contributed by atoms with van der Waals surface area (Å²) in [6.07, 6.45) is -19.5. The molecule has 1 aliphatic carbocycles. The molecule has 7 atom stereocenters. The van der Waals surface area contributed by atoms with Crippen LogP contribution in [0, 0.1) is 0 Å². The van der Waals surface area contributed by atoms with Crippen LogP contribution in [0.15, 0.2) is 0 Å². The standard InChI is InChI=1S/C7H21O26P7/c8-34(9,10)1-35(11,12)28-2-3(29-36(13,14)15)5(31-38(19,20)21)7(33-40(25,26)27)6(32-39(22,23)24)4(2)30-37(16,17)18/h2-7H,1H2,(H,11,12)(H2,8,9,10)(H2,13,14,15)(H2,16,17,18)(H2,19,20,21)(H2,22,23,24)(H2,25,26,27)/t2?,3-,4+,5+,6-,7?. The van der Waals surface area contributed by atoms with E-state index in [0.29, 0.717) is 0 Å². The van der Waals surface area contributed by atoms with Crippen LogP contribution in [0.4, 0.5) is 0 Å². The number of phosphoric acid groups is 5. The molecule has 240 valence electrons. The van der Waals surface area contributed by atoms with Crippen LogP contribution in [0.25, 0.3) is 0 Å². The Balaban J connectivity index is 4.13. The Bertz CT molecular complexity index is 1160. The molecule has 0 aromatic heterocycles. The van der Waals surface area contributed by atoms with Crippen LogP contribution in [0.3, 0.4) is 0 Å². The Morgan fingerprint density at radius 1 is 0.350 bits per heavy atom. The Morgan fingerprint density at radius 2 is 0.525 bits per heavy atom. The number of rotatable bonds is 14. The average molecular weight is 738 g/mol. The Morgan fingerprint density at radius 3 is 0.675 bits per heavy atom. The van der Waals surface area contributed by atoms with Crippen molar-refractivity contribution in [2.45, 2.75) is 36.6 Å². The zero-order valence-electron chi connectivity index (χ0n) is 18.4. The van der Waals surface area contributed by atoms with Gasteiger partial charge in [0, 0.05) is 0 Å². The molecule has 26 nitrogen and oxygen atoms in total. The van der Waals surface area contributed by atoms with E-state index >= 15 is 0 Å². The maximum atomic E-state index is 12.4. The summed E-state index contributed by atoms with van der Waals surface area (Å²) in [6, 6.07) is 0. The molecule has 1 saturated carbocycles. The van der Waals surface area contributed by atoms with Crippen LogP contribution in [-0.2, 0) is 59.1 Å². The second kappa shape index (κ2) is 13.1. The first-order valence-corrected chi connectivity index (χ1v) is 20.2. The first-order chi connectivity index (χ1) is 17.3. The summed E-state index contributed by atoms with van der Waals surface area (Å²) in [5, 5.41) is 0. The van der Waals surface area contributed by atoms with Gasteiger partial charge in [0.15, 0.2) is 5.90 Å². The van der Waals surface area contributed by atoms with E-state index in [2.05, 4.69) is 27.1 Å². The molecular weight excluding hydrogens is 717 g/mol. The molecule has 40 heavy (non-hydrogen) atoms. The van der Waals surface area contributed by atoms with Crippen molar-refractivity contribution in [1.29, 1.82) is 0 Å². The molecule has 33 heteroatoms. The average Bonchev–Trinajstić information content (AvgIpc) is 2.57. The van der Waals surface area contributed by atoms with Crippen molar-refractivity contribution in [3.05, 3.63) is 0 Å². The summed E-state index contributed by atoms with van der Waals surface area (Å²) in [7, 11) is -42.1. The predicted octanol–water partition coefficient (Wildman–Crippen LogP) is -2.90. The minimum absolute atomic E-state index is 2.18. The van der Waals surface area contributed by atoms with Crippen LogP contribution in [0.2, 0.25) is 0 Å². The lowest BCUT2D eigenvalue weighted by Crippen LogP contribution is -2.66. The fourth-order valence-electron chi connectivity index (χ4n) is 3.09. The predicted molar refractivity (Wildman–Crippen MR) is 116 cm³/mol. The maximum absolute atomic E-state index is 12.4. The third kappa shape index (κ3) is 15.0. The van der Waals surface area contributed by atoms with Gasteiger partial charge in [0.05, 0.1) is 0 Å². The van der Waals surface area contributed by atoms with E-state index < -0.39 is 96.8 Å². The second-order valence-electron chi connectivity index (χ2n) is 7.32. The summed E-state index contributed by atoms with van der Waals surface area (Å²) >= 11 is 0. The fraction of sp³-hybridized carbons (Fsp3) is 1.00. The van der Waals surface area contributed by atoms with E-state index in [1.54, 1.807) is 0 Å². The van der Waals surface area contributed by atoms with Crippen LogP contribution >= 0.6 is 54.3 Å². The van der Waals surface area contributed by atoms with Gasteiger partial charge in [0.2, 0.25) is 0 Å².